The third-order valence-electron chi connectivity index (χ3n) is 5.25. The number of halogens is 1. The lowest BCUT2D eigenvalue weighted by Gasteiger charge is -2.39. The minimum Gasteiger partial charge on any atom is -0.327 e. The van der Waals surface area contributed by atoms with Gasteiger partial charge in [0, 0.05) is 13.1 Å². The summed E-state index contributed by atoms with van der Waals surface area (Å²) in [6.07, 6.45) is 0. The van der Waals surface area contributed by atoms with Crippen molar-refractivity contribution in [1.29, 1.82) is 0 Å². The van der Waals surface area contributed by atoms with Gasteiger partial charge in [0.15, 0.2) is 9.84 Å². The predicted octanol–water partition coefficient (Wildman–Crippen LogP) is 3.78. The molecule has 0 aromatic heterocycles. The van der Waals surface area contributed by atoms with Crippen LogP contribution in [0.25, 0.3) is 0 Å². The van der Waals surface area contributed by atoms with Gasteiger partial charge in [-0.25, -0.2) is 17.6 Å². The van der Waals surface area contributed by atoms with E-state index in [2.05, 4.69) is 5.32 Å². The lowest BCUT2D eigenvalue weighted by Crippen LogP contribution is -2.59. The van der Waals surface area contributed by atoms with Crippen LogP contribution in [0.15, 0.2) is 89.8 Å². The number of carbonyl (C=O) groups excluding carboxylic acids is 1. The van der Waals surface area contributed by atoms with E-state index in [1.165, 1.54) is 17.0 Å². The van der Waals surface area contributed by atoms with Gasteiger partial charge in [0.25, 0.3) is 0 Å². The zero-order valence-corrected chi connectivity index (χ0v) is 16.9. The van der Waals surface area contributed by atoms with E-state index in [0.29, 0.717) is 0 Å². The molecule has 0 spiro atoms. The number of benzene rings is 3. The highest BCUT2D eigenvalue weighted by Gasteiger charge is 2.41. The van der Waals surface area contributed by atoms with Gasteiger partial charge in [-0.15, -0.1) is 0 Å². The van der Waals surface area contributed by atoms with E-state index in [1.807, 2.05) is 60.7 Å². The maximum Gasteiger partial charge on any atom is 0.318 e. The summed E-state index contributed by atoms with van der Waals surface area (Å²) in [6, 6.07) is 23.3. The van der Waals surface area contributed by atoms with Crippen molar-refractivity contribution < 1.29 is 17.6 Å². The Hall–Kier alpha value is -3.19. The third-order valence-corrected chi connectivity index (χ3v) is 7.35. The highest BCUT2D eigenvalue weighted by atomic mass is 32.2. The molecule has 1 saturated heterocycles. The predicted molar refractivity (Wildman–Crippen MR) is 112 cm³/mol. The van der Waals surface area contributed by atoms with Crippen LogP contribution in [0, 0.1) is 5.82 Å². The molecular weight excluding hydrogens is 403 g/mol. The molecule has 7 heteroatoms. The minimum atomic E-state index is -3.61. The number of nitrogens with one attached hydrogen (secondary N) is 1. The van der Waals surface area contributed by atoms with Crippen molar-refractivity contribution >= 4 is 15.9 Å². The smallest absolute Gasteiger partial charge is 0.318 e. The van der Waals surface area contributed by atoms with Crippen LogP contribution in [0.4, 0.5) is 9.18 Å². The summed E-state index contributed by atoms with van der Waals surface area (Å²) >= 11 is 0. The molecule has 2 amide bonds. The molecule has 30 heavy (non-hydrogen) atoms. The van der Waals surface area contributed by atoms with E-state index in [4.69, 9.17) is 0 Å². The van der Waals surface area contributed by atoms with E-state index < -0.39 is 20.9 Å². The fourth-order valence-corrected chi connectivity index (χ4v) is 5.13. The molecule has 1 heterocycles. The average Bonchev–Trinajstić information content (AvgIpc) is 2.72. The SMILES string of the molecule is O=C(NC(c1ccccc1)c1ccccc1)N1CC(S(=O)(=O)c2ccc(F)cc2)C1. The molecule has 0 aliphatic carbocycles. The van der Waals surface area contributed by atoms with Crippen LogP contribution >= 0.6 is 0 Å². The molecule has 1 aliphatic rings. The molecule has 0 radical (unpaired) electrons. The Kier molecular flexibility index (Phi) is 5.55. The van der Waals surface area contributed by atoms with Gasteiger partial charge in [0.2, 0.25) is 0 Å². The van der Waals surface area contributed by atoms with E-state index in [9.17, 15) is 17.6 Å². The van der Waals surface area contributed by atoms with Gasteiger partial charge < -0.3 is 10.2 Å². The Morgan fingerprint density at radius 1 is 0.867 bits per heavy atom. The first-order valence-electron chi connectivity index (χ1n) is 9.60. The summed E-state index contributed by atoms with van der Waals surface area (Å²) in [7, 11) is -3.61. The molecule has 0 saturated carbocycles. The Morgan fingerprint density at radius 2 is 1.37 bits per heavy atom. The van der Waals surface area contributed by atoms with Crippen LogP contribution in [0.1, 0.15) is 17.2 Å². The normalized spacial score (nSPS) is 14.4. The highest BCUT2D eigenvalue weighted by molar-refractivity contribution is 7.92. The Labute approximate surface area is 175 Å². The quantitative estimate of drug-likeness (QED) is 0.634. The lowest BCUT2D eigenvalue weighted by atomic mass is 9.99. The van der Waals surface area contributed by atoms with E-state index in [1.54, 1.807) is 0 Å². The third kappa shape index (κ3) is 4.07. The maximum absolute atomic E-state index is 13.1. The summed E-state index contributed by atoms with van der Waals surface area (Å²) in [4.78, 5) is 14.4. The van der Waals surface area contributed by atoms with Gasteiger partial charge in [-0.1, -0.05) is 60.7 Å². The minimum absolute atomic E-state index is 0.0698. The number of rotatable bonds is 5. The molecule has 154 valence electrons. The molecule has 1 N–H and O–H groups in total. The number of nitrogens with zero attached hydrogens (tertiary/aromatic N) is 1. The van der Waals surface area contributed by atoms with E-state index in [-0.39, 0.29) is 30.1 Å². The molecule has 5 nitrogen and oxygen atoms in total. The van der Waals surface area contributed by atoms with Crippen LogP contribution in [-0.4, -0.2) is 37.7 Å². The first kappa shape index (κ1) is 20.1. The Morgan fingerprint density at radius 3 is 1.87 bits per heavy atom. The van der Waals surface area contributed by atoms with Crippen molar-refractivity contribution in [2.75, 3.05) is 13.1 Å². The van der Waals surface area contributed by atoms with E-state index >= 15 is 0 Å². The van der Waals surface area contributed by atoms with Crippen molar-refractivity contribution in [3.05, 3.63) is 102 Å². The zero-order chi connectivity index (χ0) is 21.1. The van der Waals surface area contributed by atoms with Gasteiger partial charge in [0.1, 0.15) is 11.1 Å². The first-order chi connectivity index (χ1) is 14.4. The maximum atomic E-state index is 13.1. The number of hydrogen-bond donors (Lipinski definition) is 1. The highest BCUT2D eigenvalue weighted by Crippen LogP contribution is 2.26. The summed E-state index contributed by atoms with van der Waals surface area (Å²) in [5.41, 5.74) is 1.88. The molecule has 0 unspecified atom stereocenters. The van der Waals surface area contributed by atoms with Crippen molar-refractivity contribution in [3.8, 4) is 0 Å². The van der Waals surface area contributed by atoms with Crippen LogP contribution in [0.5, 0.6) is 0 Å². The number of amides is 2. The molecule has 4 rings (SSSR count). The number of sulfone groups is 1. The summed E-state index contributed by atoms with van der Waals surface area (Å²) in [5.74, 6) is -0.489. The van der Waals surface area contributed by atoms with Gasteiger partial charge in [-0.3, -0.25) is 0 Å². The Balaban J connectivity index is 1.46. The summed E-state index contributed by atoms with van der Waals surface area (Å²) in [6.45, 7) is 0.198. The second-order valence-corrected chi connectivity index (χ2v) is 9.46. The van der Waals surface area contributed by atoms with E-state index in [0.717, 1.165) is 23.3 Å². The standard InChI is InChI=1S/C23H21FN2O3S/c24-19-11-13-20(14-12-19)30(28,29)21-15-26(16-21)23(27)25-22(17-7-3-1-4-8-17)18-9-5-2-6-10-18/h1-14,21-22H,15-16H2,(H,25,27). The van der Waals surface area contributed by atoms with Gasteiger partial charge in [-0.2, -0.15) is 0 Å². The van der Waals surface area contributed by atoms with Gasteiger partial charge >= 0.3 is 6.03 Å². The van der Waals surface area contributed by atoms with Crippen LogP contribution < -0.4 is 5.32 Å². The molecule has 3 aromatic carbocycles. The Bertz CT molecular complexity index is 1070. The van der Waals surface area contributed by atoms with Crippen molar-refractivity contribution in [2.45, 2.75) is 16.2 Å². The number of hydrogen-bond acceptors (Lipinski definition) is 3. The summed E-state index contributed by atoms with van der Waals surface area (Å²) < 4.78 is 38.4. The first-order valence-corrected chi connectivity index (χ1v) is 11.1. The van der Waals surface area contributed by atoms with Crippen molar-refractivity contribution in [2.24, 2.45) is 0 Å². The monoisotopic (exact) mass is 424 g/mol. The molecule has 3 aromatic rings. The van der Waals surface area contributed by atoms with Crippen molar-refractivity contribution in [3.63, 3.8) is 0 Å². The largest absolute Gasteiger partial charge is 0.327 e. The van der Waals surface area contributed by atoms with Crippen LogP contribution in [0.3, 0.4) is 0 Å². The van der Waals surface area contributed by atoms with Crippen LogP contribution in [0.2, 0.25) is 0 Å². The topological polar surface area (TPSA) is 66.5 Å². The fraction of sp³-hybridized carbons (Fsp3) is 0.174. The second kappa shape index (κ2) is 8.28. The molecule has 1 aliphatic heterocycles. The average molecular weight is 424 g/mol. The van der Waals surface area contributed by atoms with Crippen molar-refractivity contribution in [1.82, 2.24) is 10.2 Å². The number of urea groups is 1. The van der Waals surface area contributed by atoms with Gasteiger partial charge in [0.05, 0.1) is 10.9 Å². The number of carbonyl (C=O) groups is 1. The number of likely N-dealkylation sites (tertiary alicyclic amines) is 1. The lowest BCUT2D eigenvalue weighted by molar-refractivity contribution is 0.167. The molecule has 1 fully saturated rings. The second-order valence-electron chi connectivity index (χ2n) is 7.23. The molecule has 0 bridgehead atoms. The summed E-state index contributed by atoms with van der Waals surface area (Å²) in [5, 5.41) is 2.32. The fourth-order valence-electron chi connectivity index (χ4n) is 3.48. The molecule has 0 atom stereocenters. The van der Waals surface area contributed by atoms with Crippen LogP contribution in [-0.2, 0) is 9.84 Å². The zero-order valence-electron chi connectivity index (χ0n) is 16.1. The van der Waals surface area contributed by atoms with Gasteiger partial charge in [-0.05, 0) is 35.4 Å². The molecular formula is C23H21FN2O3S.